The van der Waals surface area contributed by atoms with Crippen molar-refractivity contribution in [3.63, 3.8) is 0 Å². The largest absolute Gasteiger partial charge is 0.272 e. The first-order valence-electron chi connectivity index (χ1n) is 5.62. The minimum atomic E-state index is -0.460. The van der Waals surface area contributed by atoms with Crippen molar-refractivity contribution in [1.82, 2.24) is 5.48 Å². The highest BCUT2D eigenvalue weighted by Crippen LogP contribution is 2.21. The van der Waals surface area contributed by atoms with Crippen molar-refractivity contribution in [3.8, 4) is 0 Å². The van der Waals surface area contributed by atoms with Crippen molar-refractivity contribution in [2.75, 3.05) is 5.75 Å². The predicted molar refractivity (Wildman–Crippen MR) is 72.8 cm³/mol. The van der Waals surface area contributed by atoms with Crippen LogP contribution in [0.1, 0.15) is 20.8 Å². The number of hydroxylamine groups is 1. The monoisotopic (exact) mass is 284 g/mol. The number of nitrogens with one attached hydrogen (secondary N) is 1. The molecule has 6 nitrogen and oxygen atoms in total. The molecule has 0 radical (unpaired) electrons. The number of hydrogen-bond donors (Lipinski definition) is 1. The molecule has 1 aromatic rings. The van der Waals surface area contributed by atoms with Gasteiger partial charge in [0.1, 0.15) is 0 Å². The number of nitro groups is 1. The fraction of sp³-hybridized carbons (Fsp3) is 0.417. The quantitative estimate of drug-likeness (QED) is 0.510. The van der Waals surface area contributed by atoms with Crippen LogP contribution in [0.25, 0.3) is 0 Å². The summed E-state index contributed by atoms with van der Waals surface area (Å²) in [7, 11) is 0. The number of rotatable bonds is 5. The SMILES string of the molecule is CC(C)(C)ONC(=O)CSc1ccc([N+](=O)[O-])cc1. The highest BCUT2D eigenvalue weighted by Gasteiger charge is 2.13. The Morgan fingerprint density at radius 2 is 1.95 bits per heavy atom. The summed E-state index contributed by atoms with van der Waals surface area (Å²) in [6.07, 6.45) is 0. The third-order valence-corrected chi connectivity index (χ3v) is 2.90. The van der Waals surface area contributed by atoms with E-state index in [9.17, 15) is 14.9 Å². The number of benzene rings is 1. The van der Waals surface area contributed by atoms with Crippen LogP contribution in [0.15, 0.2) is 29.2 Å². The molecule has 0 unspecified atom stereocenters. The molecule has 104 valence electrons. The maximum Gasteiger partial charge on any atom is 0.269 e. The molecule has 1 N–H and O–H groups in total. The Morgan fingerprint density at radius 1 is 1.37 bits per heavy atom. The molecule has 0 saturated carbocycles. The van der Waals surface area contributed by atoms with Gasteiger partial charge < -0.3 is 0 Å². The first-order valence-corrected chi connectivity index (χ1v) is 6.60. The molecule has 0 heterocycles. The van der Waals surface area contributed by atoms with E-state index in [1.54, 1.807) is 12.1 Å². The smallest absolute Gasteiger partial charge is 0.269 e. The van der Waals surface area contributed by atoms with Gasteiger partial charge in [0.25, 0.3) is 11.6 Å². The number of thioether (sulfide) groups is 1. The van der Waals surface area contributed by atoms with Crippen LogP contribution in [-0.4, -0.2) is 22.2 Å². The Balaban J connectivity index is 2.40. The Hall–Kier alpha value is -1.60. The number of hydrogen-bond acceptors (Lipinski definition) is 5. The molecule has 0 atom stereocenters. The summed E-state index contributed by atoms with van der Waals surface area (Å²) >= 11 is 1.28. The van der Waals surface area contributed by atoms with Crippen molar-refractivity contribution in [3.05, 3.63) is 34.4 Å². The first-order chi connectivity index (χ1) is 8.78. The van der Waals surface area contributed by atoms with E-state index in [0.717, 1.165) is 4.90 Å². The van der Waals surface area contributed by atoms with Gasteiger partial charge in [-0.3, -0.25) is 19.7 Å². The fourth-order valence-electron chi connectivity index (χ4n) is 1.05. The number of nitro benzene ring substituents is 1. The summed E-state index contributed by atoms with van der Waals surface area (Å²) in [5, 5.41) is 10.5. The third kappa shape index (κ3) is 6.21. The lowest BCUT2D eigenvalue weighted by Gasteiger charge is -2.18. The number of non-ortho nitro benzene ring substituents is 1. The Labute approximate surface area is 115 Å². The van der Waals surface area contributed by atoms with E-state index in [1.165, 1.54) is 23.9 Å². The van der Waals surface area contributed by atoms with E-state index < -0.39 is 10.5 Å². The molecule has 0 bridgehead atoms. The highest BCUT2D eigenvalue weighted by molar-refractivity contribution is 8.00. The van der Waals surface area contributed by atoms with Gasteiger partial charge in [-0.25, -0.2) is 5.48 Å². The van der Waals surface area contributed by atoms with Crippen LogP contribution in [0.5, 0.6) is 0 Å². The molecule has 0 aliphatic carbocycles. The molecule has 0 aliphatic heterocycles. The molecule has 0 fully saturated rings. The predicted octanol–water partition coefficient (Wildman–Crippen LogP) is 2.53. The fourth-order valence-corrected chi connectivity index (χ4v) is 1.74. The van der Waals surface area contributed by atoms with E-state index in [-0.39, 0.29) is 17.3 Å². The maximum absolute atomic E-state index is 11.5. The lowest BCUT2D eigenvalue weighted by Crippen LogP contribution is -2.34. The lowest BCUT2D eigenvalue weighted by atomic mass is 10.2. The van der Waals surface area contributed by atoms with E-state index in [4.69, 9.17) is 4.84 Å². The normalized spacial score (nSPS) is 11.1. The molecule has 0 saturated heterocycles. The van der Waals surface area contributed by atoms with E-state index >= 15 is 0 Å². The van der Waals surface area contributed by atoms with Gasteiger partial charge in [-0.1, -0.05) is 0 Å². The zero-order valence-corrected chi connectivity index (χ0v) is 11.8. The van der Waals surface area contributed by atoms with Gasteiger partial charge in [-0.2, -0.15) is 0 Å². The second kappa shape index (κ2) is 6.53. The second-order valence-corrected chi connectivity index (χ2v) is 5.83. The number of carbonyl (C=O) groups excluding carboxylic acids is 1. The summed E-state index contributed by atoms with van der Waals surface area (Å²) in [5.74, 6) is -0.0632. The van der Waals surface area contributed by atoms with Gasteiger partial charge >= 0.3 is 0 Å². The second-order valence-electron chi connectivity index (χ2n) is 4.78. The Morgan fingerprint density at radius 3 is 2.42 bits per heavy atom. The van der Waals surface area contributed by atoms with Gasteiger partial charge in [-0.15, -0.1) is 11.8 Å². The van der Waals surface area contributed by atoms with E-state index in [0.29, 0.717) is 0 Å². The minimum absolute atomic E-state index is 0.0323. The van der Waals surface area contributed by atoms with E-state index in [1.807, 2.05) is 20.8 Å². The van der Waals surface area contributed by atoms with Gasteiger partial charge in [0.05, 0.1) is 16.3 Å². The standard InChI is InChI=1S/C12H16N2O4S/c1-12(2,3)18-13-11(15)8-19-10-6-4-9(5-7-10)14(16)17/h4-7H,8H2,1-3H3,(H,13,15). The maximum atomic E-state index is 11.5. The van der Waals surface area contributed by atoms with Crippen LogP contribution < -0.4 is 5.48 Å². The average Bonchev–Trinajstić information content (AvgIpc) is 2.33. The van der Waals surface area contributed by atoms with Crippen molar-refractivity contribution in [2.45, 2.75) is 31.3 Å². The summed E-state index contributed by atoms with van der Waals surface area (Å²) < 4.78 is 0. The molecular weight excluding hydrogens is 268 g/mol. The molecule has 7 heteroatoms. The Kier molecular flexibility index (Phi) is 5.31. The molecule has 1 rings (SSSR count). The number of amides is 1. The molecular formula is C12H16N2O4S. The zero-order chi connectivity index (χ0) is 14.5. The van der Waals surface area contributed by atoms with Crippen LogP contribution in [0.4, 0.5) is 5.69 Å². The topological polar surface area (TPSA) is 81.5 Å². The number of nitrogens with zero attached hydrogens (tertiary/aromatic N) is 1. The van der Waals surface area contributed by atoms with Crippen molar-refractivity contribution < 1.29 is 14.6 Å². The lowest BCUT2D eigenvalue weighted by molar-refractivity contribution is -0.384. The summed E-state index contributed by atoms with van der Waals surface area (Å²) in [5.41, 5.74) is 1.95. The number of carbonyl (C=O) groups is 1. The summed E-state index contributed by atoms with van der Waals surface area (Å²) in [6.45, 7) is 5.49. The van der Waals surface area contributed by atoms with Gasteiger partial charge in [0.2, 0.25) is 0 Å². The van der Waals surface area contributed by atoms with Crippen LogP contribution >= 0.6 is 11.8 Å². The van der Waals surface area contributed by atoms with E-state index in [2.05, 4.69) is 5.48 Å². The molecule has 19 heavy (non-hydrogen) atoms. The van der Waals surface area contributed by atoms with Crippen molar-refractivity contribution >= 4 is 23.4 Å². The summed E-state index contributed by atoms with van der Waals surface area (Å²) in [4.78, 5) is 27.4. The van der Waals surface area contributed by atoms with Crippen LogP contribution in [0.2, 0.25) is 0 Å². The Bertz CT molecular complexity index is 454. The average molecular weight is 284 g/mol. The van der Waals surface area contributed by atoms with Crippen LogP contribution in [-0.2, 0) is 9.63 Å². The minimum Gasteiger partial charge on any atom is -0.272 e. The van der Waals surface area contributed by atoms with Gasteiger partial charge in [-0.05, 0) is 32.9 Å². The molecule has 1 amide bonds. The first kappa shape index (κ1) is 15.5. The molecule has 0 aromatic heterocycles. The molecule has 1 aromatic carbocycles. The molecule has 0 spiro atoms. The molecule has 0 aliphatic rings. The van der Waals surface area contributed by atoms with Crippen molar-refractivity contribution in [2.24, 2.45) is 0 Å². The van der Waals surface area contributed by atoms with Gasteiger partial charge in [0, 0.05) is 17.0 Å². The van der Waals surface area contributed by atoms with Gasteiger partial charge in [0.15, 0.2) is 0 Å². The highest BCUT2D eigenvalue weighted by atomic mass is 32.2. The summed E-state index contributed by atoms with van der Waals surface area (Å²) in [6, 6.07) is 6.04. The third-order valence-electron chi connectivity index (χ3n) is 1.89. The van der Waals surface area contributed by atoms with Crippen LogP contribution in [0.3, 0.4) is 0 Å². The van der Waals surface area contributed by atoms with Crippen molar-refractivity contribution in [1.29, 1.82) is 0 Å². The zero-order valence-electron chi connectivity index (χ0n) is 11.0. The van der Waals surface area contributed by atoms with Crippen LogP contribution in [0, 0.1) is 10.1 Å².